The molecule has 1 heteroatoms. The predicted octanol–water partition coefficient (Wildman–Crippen LogP) is 5.85. The molecule has 132 valence electrons. The summed E-state index contributed by atoms with van der Waals surface area (Å²) >= 11 is 0. The van der Waals surface area contributed by atoms with E-state index in [2.05, 4.69) is 74.1 Å². The van der Waals surface area contributed by atoms with E-state index >= 15 is 0 Å². The lowest BCUT2D eigenvalue weighted by Gasteiger charge is -2.22. The van der Waals surface area contributed by atoms with Crippen LogP contribution in [0.2, 0.25) is 0 Å². The molecule has 3 aromatic rings. The molecule has 0 radical (unpaired) electrons. The predicted molar refractivity (Wildman–Crippen MR) is 108 cm³/mol. The second-order valence-corrected chi connectivity index (χ2v) is 8.72. The molecule has 1 nitrogen and oxygen atoms in total. The lowest BCUT2D eigenvalue weighted by molar-refractivity contribution is -0.659. The van der Waals surface area contributed by atoms with Crippen LogP contribution in [0.3, 0.4) is 0 Å². The van der Waals surface area contributed by atoms with Gasteiger partial charge in [-0.25, -0.2) is 4.57 Å². The SMILES string of the molecule is Cc1ccc(C)c(-c2c3ccc(C4CC5CCC4C5)cc3cc[n+]2C)c1. The van der Waals surface area contributed by atoms with Crippen molar-refractivity contribution in [3.05, 3.63) is 65.4 Å². The molecule has 3 atom stereocenters. The average molecular weight is 343 g/mol. The third-order valence-electron chi connectivity index (χ3n) is 6.98. The van der Waals surface area contributed by atoms with Crippen LogP contribution in [0.1, 0.15) is 48.3 Å². The van der Waals surface area contributed by atoms with Crippen molar-refractivity contribution in [3.8, 4) is 11.3 Å². The van der Waals surface area contributed by atoms with Gasteiger partial charge in [0.2, 0.25) is 5.69 Å². The van der Waals surface area contributed by atoms with E-state index in [-0.39, 0.29) is 0 Å². The second-order valence-electron chi connectivity index (χ2n) is 8.72. The number of pyridine rings is 1. The molecule has 0 aliphatic heterocycles. The molecule has 26 heavy (non-hydrogen) atoms. The Labute approximate surface area is 156 Å². The summed E-state index contributed by atoms with van der Waals surface area (Å²) in [6.45, 7) is 4.40. The zero-order valence-corrected chi connectivity index (χ0v) is 16.1. The summed E-state index contributed by atoms with van der Waals surface area (Å²) in [4.78, 5) is 0. The second kappa shape index (κ2) is 5.94. The van der Waals surface area contributed by atoms with E-state index in [1.807, 2.05) is 0 Å². The largest absolute Gasteiger partial charge is 0.220 e. The Balaban J connectivity index is 1.65. The van der Waals surface area contributed by atoms with Gasteiger partial charge in [0.15, 0.2) is 6.20 Å². The Morgan fingerprint density at radius 3 is 2.58 bits per heavy atom. The molecule has 2 aliphatic rings. The highest BCUT2D eigenvalue weighted by atomic mass is 14.9. The maximum Gasteiger partial charge on any atom is 0.220 e. The van der Waals surface area contributed by atoms with Crippen LogP contribution in [0.15, 0.2) is 48.7 Å². The number of rotatable bonds is 2. The Morgan fingerprint density at radius 1 is 0.923 bits per heavy atom. The fourth-order valence-corrected chi connectivity index (χ4v) is 5.60. The van der Waals surface area contributed by atoms with Crippen molar-refractivity contribution in [3.63, 3.8) is 0 Å². The van der Waals surface area contributed by atoms with E-state index in [0.717, 1.165) is 17.8 Å². The van der Waals surface area contributed by atoms with Crippen molar-refractivity contribution in [2.75, 3.05) is 0 Å². The van der Waals surface area contributed by atoms with Gasteiger partial charge in [-0.05, 0) is 79.5 Å². The minimum absolute atomic E-state index is 0.802. The third kappa shape index (κ3) is 2.48. The van der Waals surface area contributed by atoms with E-state index < -0.39 is 0 Å². The van der Waals surface area contributed by atoms with Gasteiger partial charge in [0.1, 0.15) is 7.05 Å². The smallest absolute Gasteiger partial charge is 0.200 e. The summed E-state index contributed by atoms with van der Waals surface area (Å²) < 4.78 is 2.28. The monoisotopic (exact) mass is 342 g/mol. The molecule has 1 aromatic heterocycles. The minimum atomic E-state index is 0.802. The maximum absolute atomic E-state index is 2.48. The highest BCUT2D eigenvalue weighted by Crippen LogP contribution is 2.53. The van der Waals surface area contributed by atoms with Crippen LogP contribution in [-0.2, 0) is 7.05 Å². The minimum Gasteiger partial charge on any atom is -0.200 e. The van der Waals surface area contributed by atoms with Gasteiger partial charge in [-0.1, -0.05) is 36.2 Å². The van der Waals surface area contributed by atoms with E-state index in [9.17, 15) is 0 Å². The summed E-state index contributed by atoms with van der Waals surface area (Å²) in [6, 6.07) is 16.4. The van der Waals surface area contributed by atoms with Crippen LogP contribution in [0, 0.1) is 25.7 Å². The van der Waals surface area contributed by atoms with Gasteiger partial charge in [-0.2, -0.15) is 0 Å². The van der Waals surface area contributed by atoms with E-state index in [4.69, 9.17) is 0 Å². The van der Waals surface area contributed by atoms with Crippen molar-refractivity contribution in [1.29, 1.82) is 0 Å². The molecule has 2 fully saturated rings. The fraction of sp³-hybridized carbons (Fsp3) is 0.400. The lowest BCUT2D eigenvalue weighted by atomic mass is 9.82. The highest BCUT2D eigenvalue weighted by Gasteiger charge is 2.40. The van der Waals surface area contributed by atoms with Gasteiger partial charge >= 0.3 is 0 Å². The van der Waals surface area contributed by atoms with Crippen molar-refractivity contribution < 1.29 is 4.57 Å². The average Bonchev–Trinajstić information content (AvgIpc) is 3.27. The lowest BCUT2D eigenvalue weighted by Crippen LogP contribution is -2.30. The van der Waals surface area contributed by atoms with Gasteiger partial charge in [0.25, 0.3) is 0 Å². The van der Waals surface area contributed by atoms with Crippen molar-refractivity contribution >= 4 is 10.8 Å². The molecule has 5 rings (SSSR count). The van der Waals surface area contributed by atoms with E-state index in [0.29, 0.717) is 0 Å². The molecular weight excluding hydrogens is 314 g/mol. The summed E-state index contributed by atoms with van der Waals surface area (Å²) in [6.07, 6.45) is 8.04. The van der Waals surface area contributed by atoms with Gasteiger partial charge in [-0.3, -0.25) is 0 Å². The number of benzene rings is 2. The first kappa shape index (κ1) is 16.1. The molecule has 2 bridgehead atoms. The first-order valence-electron chi connectivity index (χ1n) is 10.1. The van der Waals surface area contributed by atoms with Crippen molar-refractivity contribution in [1.82, 2.24) is 0 Å². The zero-order chi connectivity index (χ0) is 17.8. The highest BCUT2D eigenvalue weighted by molar-refractivity contribution is 5.94. The van der Waals surface area contributed by atoms with Gasteiger partial charge in [0.05, 0.1) is 5.39 Å². The molecule has 1 heterocycles. The number of fused-ring (bicyclic) bond motifs is 3. The Hall–Kier alpha value is -2.15. The van der Waals surface area contributed by atoms with Gasteiger partial charge in [-0.15, -0.1) is 0 Å². The summed E-state index contributed by atoms with van der Waals surface area (Å²) in [5.74, 6) is 2.74. The number of hydrogen-bond acceptors (Lipinski definition) is 0. The normalized spacial score (nSPS) is 24.5. The molecule has 3 unspecified atom stereocenters. The van der Waals surface area contributed by atoms with Crippen LogP contribution < -0.4 is 4.57 Å². The van der Waals surface area contributed by atoms with E-state index in [1.54, 1.807) is 5.56 Å². The molecule has 0 N–H and O–H groups in total. The molecule has 2 aromatic carbocycles. The first-order chi connectivity index (χ1) is 12.6. The molecule has 2 aliphatic carbocycles. The number of aryl methyl sites for hydroxylation is 3. The number of nitrogens with zero attached hydrogens (tertiary/aromatic N) is 1. The Morgan fingerprint density at radius 2 is 1.81 bits per heavy atom. The third-order valence-corrected chi connectivity index (χ3v) is 6.98. The molecule has 0 amide bonds. The van der Waals surface area contributed by atoms with Gasteiger partial charge in [0, 0.05) is 11.6 Å². The zero-order valence-electron chi connectivity index (χ0n) is 16.1. The summed E-state index contributed by atoms with van der Waals surface area (Å²) in [5, 5.41) is 2.76. The standard InChI is InChI=1S/C25H28N/c1-16-4-5-17(2)23(12-16)25-22-9-8-20(15-21(22)10-11-26(25)3)24-14-18-6-7-19(24)13-18/h4-5,8-12,15,18-19,24H,6-7,13-14H2,1-3H3/q+1. The topological polar surface area (TPSA) is 3.88 Å². The molecule has 0 saturated heterocycles. The van der Waals surface area contributed by atoms with E-state index in [1.165, 1.54) is 58.8 Å². The summed E-state index contributed by atoms with van der Waals surface area (Å²) in [5.41, 5.74) is 6.93. The number of aromatic nitrogens is 1. The maximum atomic E-state index is 2.48. The molecular formula is C25H28N+. The quantitative estimate of drug-likeness (QED) is 0.514. The number of hydrogen-bond donors (Lipinski definition) is 0. The van der Waals surface area contributed by atoms with Crippen LogP contribution in [-0.4, -0.2) is 0 Å². The van der Waals surface area contributed by atoms with Crippen LogP contribution in [0.4, 0.5) is 0 Å². The van der Waals surface area contributed by atoms with Crippen LogP contribution in [0.5, 0.6) is 0 Å². The summed E-state index contributed by atoms with van der Waals surface area (Å²) in [7, 11) is 2.17. The molecule has 0 spiro atoms. The van der Waals surface area contributed by atoms with Crippen molar-refractivity contribution in [2.45, 2.75) is 45.4 Å². The van der Waals surface area contributed by atoms with Crippen LogP contribution in [0.25, 0.3) is 22.0 Å². The Kier molecular flexibility index (Phi) is 3.67. The molecule has 2 saturated carbocycles. The van der Waals surface area contributed by atoms with Crippen molar-refractivity contribution in [2.24, 2.45) is 18.9 Å². The fourth-order valence-electron chi connectivity index (χ4n) is 5.60. The Bertz CT molecular complexity index is 1000. The van der Waals surface area contributed by atoms with Crippen LogP contribution >= 0.6 is 0 Å². The van der Waals surface area contributed by atoms with Gasteiger partial charge < -0.3 is 0 Å². The first-order valence-corrected chi connectivity index (χ1v) is 10.1.